The first-order valence-corrected chi connectivity index (χ1v) is 11.2. The van der Waals surface area contributed by atoms with Crippen molar-refractivity contribution in [2.24, 2.45) is 0 Å². The molecule has 0 spiro atoms. The lowest BCUT2D eigenvalue weighted by atomic mass is 10.0. The molecule has 0 aliphatic carbocycles. The van der Waals surface area contributed by atoms with Gasteiger partial charge in [-0.3, -0.25) is 4.79 Å². The van der Waals surface area contributed by atoms with Crippen LogP contribution in [-0.4, -0.2) is 48.0 Å². The largest absolute Gasteiger partial charge is 0.494 e. The lowest BCUT2D eigenvalue weighted by Gasteiger charge is -2.31. The Morgan fingerprint density at radius 1 is 1.00 bits per heavy atom. The Hall–Kier alpha value is -2.33. The molecule has 1 fully saturated rings. The van der Waals surface area contributed by atoms with E-state index in [1.54, 1.807) is 4.90 Å². The number of likely N-dealkylation sites (tertiary alicyclic amines) is 1. The maximum atomic E-state index is 11.3. The Morgan fingerprint density at radius 3 is 2.40 bits per heavy atom. The summed E-state index contributed by atoms with van der Waals surface area (Å²) in [5.41, 5.74) is 3.15. The van der Waals surface area contributed by atoms with Crippen molar-refractivity contribution in [2.45, 2.75) is 58.5 Å². The molecule has 1 saturated heterocycles. The van der Waals surface area contributed by atoms with Gasteiger partial charge >= 0.3 is 6.41 Å². The molecule has 0 bridgehead atoms. The average molecular weight is 408 g/mol. The Morgan fingerprint density at radius 2 is 1.73 bits per heavy atom. The summed E-state index contributed by atoms with van der Waals surface area (Å²) in [6.45, 7) is 11.0. The van der Waals surface area contributed by atoms with Gasteiger partial charge in [0.25, 0.3) is 0 Å². The minimum Gasteiger partial charge on any atom is -0.494 e. The molecule has 1 aliphatic heterocycles. The molecule has 3 rings (SSSR count). The number of amides is 1. The van der Waals surface area contributed by atoms with Crippen LogP contribution < -0.4 is 4.74 Å². The van der Waals surface area contributed by atoms with Crippen molar-refractivity contribution < 1.29 is 9.53 Å². The quantitative estimate of drug-likeness (QED) is 0.419. The summed E-state index contributed by atoms with van der Waals surface area (Å²) in [6.07, 6.45) is 7.17. The zero-order chi connectivity index (χ0) is 21.4. The smallest absolute Gasteiger partial charge is 0.312 e. The van der Waals surface area contributed by atoms with Crippen LogP contribution in [0, 0.1) is 0 Å². The molecule has 1 radical (unpaired) electrons. The van der Waals surface area contributed by atoms with E-state index in [1.807, 2.05) is 32.9 Å². The Bertz CT molecular complexity index is 789. The third-order valence-corrected chi connectivity index (χ3v) is 5.72. The van der Waals surface area contributed by atoms with E-state index in [2.05, 4.69) is 47.7 Å². The third-order valence-electron chi connectivity index (χ3n) is 5.72. The number of hydrogen-bond acceptors (Lipinski definition) is 3. The third kappa shape index (κ3) is 6.60. The van der Waals surface area contributed by atoms with Gasteiger partial charge in [-0.05, 0) is 81.9 Å². The van der Waals surface area contributed by atoms with Crippen molar-refractivity contribution in [1.29, 1.82) is 0 Å². The van der Waals surface area contributed by atoms with Gasteiger partial charge < -0.3 is 14.5 Å². The first-order chi connectivity index (χ1) is 14.5. The molecule has 4 nitrogen and oxygen atoms in total. The number of hydrogen-bond donors (Lipinski definition) is 0. The summed E-state index contributed by atoms with van der Waals surface area (Å²) in [7, 11) is 0. The van der Waals surface area contributed by atoms with Gasteiger partial charge in [0.1, 0.15) is 5.75 Å². The topological polar surface area (TPSA) is 32.8 Å². The van der Waals surface area contributed by atoms with Gasteiger partial charge in [-0.15, -0.1) is 0 Å². The second-order valence-electron chi connectivity index (χ2n) is 9.18. The van der Waals surface area contributed by atoms with E-state index in [9.17, 15) is 4.79 Å². The number of piperidine rings is 1. The van der Waals surface area contributed by atoms with Gasteiger partial charge in [0.2, 0.25) is 0 Å². The van der Waals surface area contributed by atoms with Crippen molar-refractivity contribution in [3.8, 4) is 16.9 Å². The van der Waals surface area contributed by atoms with E-state index in [4.69, 9.17) is 4.74 Å². The Balaban J connectivity index is 1.54. The second-order valence-corrected chi connectivity index (χ2v) is 9.18. The van der Waals surface area contributed by atoms with Gasteiger partial charge in [0, 0.05) is 18.6 Å². The van der Waals surface area contributed by atoms with Crippen molar-refractivity contribution in [3.05, 3.63) is 54.1 Å². The molecule has 0 unspecified atom stereocenters. The number of carbonyl (C=O) groups excluding carboxylic acids is 1. The van der Waals surface area contributed by atoms with Crippen LogP contribution >= 0.6 is 0 Å². The minimum atomic E-state index is -0.236. The lowest BCUT2D eigenvalue weighted by Crippen LogP contribution is -2.39. The van der Waals surface area contributed by atoms with E-state index in [1.165, 1.54) is 32.4 Å². The van der Waals surface area contributed by atoms with E-state index < -0.39 is 0 Å². The first-order valence-electron chi connectivity index (χ1n) is 11.2. The summed E-state index contributed by atoms with van der Waals surface area (Å²) >= 11 is 0. The van der Waals surface area contributed by atoms with E-state index in [-0.39, 0.29) is 5.54 Å². The van der Waals surface area contributed by atoms with Crippen molar-refractivity contribution in [3.63, 3.8) is 0 Å². The number of benzene rings is 2. The normalized spacial score (nSPS) is 15.0. The van der Waals surface area contributed by atoms with Crippen molar-refractivity contribution in [1.82, 2.24) is 9.80 Å². The Kier molecular flexibility index (Phi) is 7.92. The van der Waals surface area contributed by atoms with Gasteiger partial charge in [0.05, 0.1) is 6.61 Å². The zero-order valence-corrected chi connectivity index (χ0v) is 18.7. The maximum Gasteiger partial charge on any atom is 0.312 e. The summed E-state index contributed by atoms with van der Waals surface area (Å²) in [5, 5.41) is 0. The SMILES string of the molecule is CC(C)(C)N([C]=O)Cc1ccc(-c2cccc(OCCCN3CCCCC3)c2)cc1. The number of ether oxygens (including phenoxy) is 1. The van der Waals surface area contributed by atoms with E-state index in [0.29, 0.717) is 6.54 Å². The molecule has 0 atom stereocenters. The number of nitrogens with zero attached hydrogens (tertiary/aromatic N) is 2. The summed E-state index contributed by atoms with van der Waals surface area (Å²) in [6, 6.07) is 16.7. The van der Waals surface area contributed by atoms with Crippen LogP contribution in [0.3, 0.4) is 0 Å². The highest BCUT2D eigenvalue weighted by Gasteiger charge is 2.20. The summed E-state index contributed by atoms with van der Waals surface area (Å²) < 4.78 is 6.01. The highest BCUT2D eigenvalue weighted by Crippen LogP contribution is 2.25. The predicted molar refractivity (Wildman–Crippen MR) is 123 cm³/mol. The van der Waals surface area contributed by atoms with Crippen LogP contribution in [0.25, 0.3) is 11.1 Å². The van der Waals surface area contributed by atoms with E-state index >= 15 is 0 Å². The van der Waals surface area contributed by atoms with Crippen molar-refractivity contribution in [2.75, 3.05) is 26.2 Å². The first kappa shape index (κ1) is 22.4. The van der Waals surface area contributed by atoms with Crippen LogP contribution in [0.1, 0.15) is 52.0 Å². The zero-order valence-electron chi connectivity index (χ0n) is 18.7. The summed E-state index contributed by atoms with van der Waals surface area (Å²) in [5.74, 6) is 0.921. The van der Waals surface area contributed by atoms with Gasteiger partial charge in [-0.2, -0.15) is 0 Å². The van der Waals surface area contributed by atoms with E-state index in [0.717, 1.165) is 42.0 Å². The predicted octanol–water partition coefficient (Wildman–Crippen LogP) is 5.28. The fourth-order valence-electron chi connectivity index (χ4n) is 3.82. The lowest BCUT2D eigenvalue weighted by molar-refractivity contribution is 0.205. The Labute approximate surface area is 181 Å². The molecule has 2 aromatic rings. The van der Waals surface area contributed by atoms with Crippen LogP contribution in [0.4, 0.5) is 0 Å². The molecule has 1 amide bonds. The summed E-state index contributed by atoms with van der Waals surface area (Å²) in [4.78, 5) is 15.5. The molecule has 0 saturated carbocycles. The van der Waals surface area contributed by atoms with Gasteiger partial charge in [-0.1, -0.05) is 42.8 Å². The van der Waals surface area contributed by atoms with Crippen molar-refractivity contribution >= 4 is 6.41 Å². The molecular formula is C26H35N2O2. The van der Waals surface area contributed by atoms with Gasteiger partial charge in [0.15, 0.2) is 0 Å². The van der Waals surface area contributed by atoms with Crippen LogP contribution in [0.15, 0.2) is 48.5 Å². The molecule has 1 aliphatic rings. The average Bonchev–Trinajstić information content (AvgIpc) is 2.75. The molecule has 2 aromatic carbocycles. The van der Waals surface area contributed by atoms with Gasteiger partial charge in [-0.25, -0.2) is 0 Å². The number of rotatable bonds is 9. The minimum absolute atomic E-state index is 0.236. The molecule has 0 N–H and O–H groups in total. The molecule has 30 heavy (non-hydrogen) atoms. The second kappa shape index (κ2) is 10.6. The van der Waals surface area contributed by atoms with Crippen LogP contribution in [0.5, 0.6) is 5.75 Å². The molecular weight excluding hydrogens is 372 g/mol. The highest BCUT2D eigenvalue weighted by molar-refractivity contribution is 5.65. The van der Waals surface area contributed by atoms with Crippen LogP contribution in [0.2, 0.25) is 0 Å². The monoisotopic (exact) mass is 407 g/mol. The fourth-order valence-corrected chi connectivity index (χ4v) is 3.82. The molecule has 1 heterocycles. The van der Waals surface area contributed by atoms with Crippen LogP contribution in [-0.2, 0) is 11.3 Å². The maximum absolute atomic E-state index is 11.3. The molecule has 4 heteroatoms. The highest BCUT2D eigenvalue weighted by atomic mass is 16.5. The fraction of sp³-hybridized carbons (Fsp3) is 0.500. The molecule has 0 aromatic heterocycles. The standard InChI is InChI=1S/C26H35N2O2/c1-26(2,3)28(21-29)20-22-11-13-23(14-12-22)24-9-7-10-25(19-24)30-18-8-17-27-15-5-4-6-16-27/h7,9-14,19H,4-6,8,15-18,20H2,1-3H3. The molecule has 161 valence electrons.